The van der Waals surface area contributed by atoms with Gasteiger partial charge in [0.05, 0.1) is 0 Å². The van der Waals surface area contributed by atoms with Gasteiger partial charge in [-0.2, -0.15) is 0 Å². The smallest absolute Gasteiger partial charge is 0.232 e. The van der Waals surface area contributed by atoms with Crippen LogP contribution >= 0.6 is 0 Å². The second kappa shape index (κ2) is 10.3. The summed E-state index contributed by atoms with van der Waals surface area (Å²) in [4.78, 5) is 0. The molecule has 0 saturated heterocycles. The summed E-state index contributed by atoms with van der Waals surface area (Å²) < 4.78 is 0. The third-order valence-electron chi connectivity index (χ3n) is 1.87. The molecule has 0 aliphatic rings. The van der Waals surface area contributed by atoms with E-state index in [0.717, 1.165) is 0 Å². The summed E-state index contributed by atoms with van der Waals surface area (Å²) in [7, 11) is 0. The molecule has 128 valence electrons. The van der Waals surface area contributed by atoms with E-state index in [2.05, 4.69) is 43.4 Å². The monoisotopic (exact) mass is 312 g/mol. The van der Waals surface area contributed by atoms with E-state index in [0.29, 0.717) is 0 Å². The molecule has 4 atom stereocenters. The van der Waals surface area contributed by atoms with E-state index < -0.39 is 30.8 Å². The Kier molecular flexibility index (Phi) is 10.0. The second-order valence-corrected chi connectivity index (χ2v) is 4.53. The van der Waals surface area contributed by atoms with Gasteiger partial charge in [0.25, 0.3) is 0 Å². The maximum atomic E-state index is 9.28. The van der Waals surface area contributed by atoms with Crippen LogP contribution in [0.1, 0.15) is 27.7 Å². The highest BCUT2D eigenvalue weighted by Gasteiger charge is 2.30. The standard InChI is InChI=1S/C9H28N8O4/c1-5(18)10-14-9(15-11-6(2)19,16-12-7(3)20)17-13-8(4)21/h5-8,10-21H,1-4H3. The first kappa shape index (κ1) is 20.5. The Bertz CT molecular complexity index is 213. The lowest BCUT2D eigenvalue weighted by atomic mass is 10.6. The van der Waals surface area contributed by atoms with Crippen molar-refractivity contribution in [1.82, 2.24) is 43.4 Å². The third kappa shape index (κ3) is 10.8. The molecule has 0 saturated carbocycles. The lowest BCUT2D eigenvalue weighted by Gasteiger charge is -2.39. The predicted molar refractivity (Wildman–Crippen MR) is 74.5 cm³/mol. The molecule has 0 aromatic heterocycles. The van der Waals surface area contributed by atoms with Gasteiger partial charge in [0.1, 0.15) is 24.9 Å². The molecule has 0 fully saturated rings. The van der Waals surface area contributed by atoms with Crippen molar-refractivity contribution in [2.24, 2.45) is 0 Å². The highest BCUT2D eigenvalue weighted by molar-refractivity contribution is 4.74. The molecule has 0 amide bonds. The lowest BCUT2D eigenvalue weighted by Crippen LogP contribution is -2.84. The molecule has 0 aliphatic carbocycles. The molecule has 0 aromatic rings. The van der Waals surface area contributed by atoms with Gasteiger partial charge < -0.3 is 20.4 Å². The fourth-order valence-corrected chi connectivity index (χ4v) is 1.04. The van der Waals surface area contributed by atoms with Gasteiger partial charge in [0, 0.05) is 0 Å². The van der Waals surface area contributed by atoms with Crippen LogP contribution in [-0.4, -0.2) is 51.2 Å². The van der Waals surface area contributed by atoms with Crippen molar-refractivity contribution in [3.63, 3.8) is 0 Å². The zero-order chi connectivity index (χ0) is 16.5. The first-order valence-electron chi connectivity index (χ1n) is 6.50. The molecule has 0 aliphatic heterocycles. The number of aliphatic hydroxyl groups is 4. The summed E-state index contributed by atoms with van der Waals surface area (Å²) in [5, 5.41) is 37.1. The molecule has 21 heavy (non-hydrogen) atoms. The molecule has 0 spiro atoms. The van der Waals surface area contributed by atoms with E-state index in [4.69, 9.17) is 0 Å². The predicted octanol–water partition coefficient (Wildman–Crippen LogP) is -4.67. The average Bonchev–Trinajstić information content (AvgIpc) is 2.36. The van der Waals surface area contributed by atoms with Crippen molar-refractivity contribution in [2.75, 3.05) is 0 Å². The Balaban J connectivity index is 4.85. The van der Waals surface area contributed by atoms with Crippen molar-refractivity contribution in [2.45, 2.75) is 58.5 Å². The molecular formula is C9H28N8O4. The van der Waals surface area contributed by atoms with Gasteiger partial charge in [-0.15, -0.1) is 0 Å². The fraction of sp³-hybridized carbons (Fsp3) is 1.00. The number of hydrogen-bond donors (Lipinski definition) is 12. The number of nitrogens with one attached hydrogen (secondary N) is 8. The normalized spacial score (nSPS) is 20.6. The van der Waals surface area contributed by atoms with Crippen LogP contribution in [0.3, 0.4) is 0 Å². The first-order chi connectivity index (χ1) is 9.67. The summed E-state index contributed by atoms with van der Waals surface area (Å²) in [5.74, 6) is -1.46. The van der Waals surface area contributed by atoms with Crippen molar-refractivity contribution < 1.29 is 20.4 Å². The molecule has 12 N–H and O–H groups in total. The maximum absolute atomic E-state index is 9.28. The molecule has 0 radical (unpaired) electrons. The number of rotatable bonds is 12. The van der Waals surface area contributed by atoms with Gasteiger partial charge in [-0.3, -0.25) is 0 Å². The van der Waals surface area contributed by atoms with Crippen LogP contribution in [0.2, 0.25) is 0 Å². The Hall–Kier alpha value is -0.480. The molecule has 12 heteroatoms. The molecule has 4 unspecified atom stereocenters. The van der Waals surface area contributed by atoms with E-state index in [-0.39, 0.29) is 0 Å². The minimum atomic E-state index is -1.46. The van der Waals surface area contributed by atoms with E-state index in [1.165, 1.54) is 27.7 Å². The topological polar surface area (TPSA) is 177 Å². The SMILES string of the molecule is CC(O)NNC(NNC(C)O)(NNC(C)O)NNC(C)O. The van der Waals surface area contributed by atoms with Crippen LogP contribution in [-0.2, 0) is 0 Å². The van der Waals surface area contributed by atoms with Gasteiger partial charge in [0.2, 0.25) is 5.91 Å². The zero-order valence-electron chi connectivity index (χ0n) is 12.6. The van der Waals surface area contributed by atoms with Crippen LogP contribution in [0.5, 0.6) is 0 Å². The largest absolute Gasteiger partial charge is 0.378 e. The molecule has 0 rings (SSSR count). The Morgan fingerprint density at radius 3 is 0.857 bits per heavy atom. The summed E-state index contributed by atoms with van der Waals surface area (Å²) in [5.41, 5.74) is 20.6. The maximum Gasteiger partial charge on any atom is 0.232 e. The van der Waals surface area contributed by atoms with E-state index >= 15 is 0 Å². The first-order valence-corrected chi connectivity index (χ1v) is 6.50. The van der Waals surface area contributed by atoms with Crippen molar-refractivity contribution in [3.8, 4) is 0 Å². The van der Waals surface area contributed by atoms with Crippen molar-refractivity contribution in [3.05, 3.63) is 0 Å². The highest BCUT2D eigenvalue weighted by Crippen LogP contribution is 1.87. The van der Waals surface area contributed by atoms with E-state index in [9.17, 15) is 20.4 Å². The Morgan fingerprint density at radius 1 is 0.524 bits per heavy atom. The number of hydrazine groups is 4. The lowest BCUT2D eigenvalue weighted by molar-refractivity contribution is -0.0213. The van der Waals surface area contributed by atoms with E-state index in [1.54, 1.807) is 0 Å². The van der Waals surface area contributed by atoms with Gasteiger partial charge in [-0.25, -0.2) is 43.4 Å². The minimum Gasteiger partial charge on any atom is -0.378 e. The molecule has 0 aromatic carbocycles. The summed E-state index contributed by atoms with van der Waals surface area (Å²) in [6.07, 6.45) is -3.61. The zero-order valence-corrected chi connectivity index (χ0v) is 12.6. The highest BCUT2D eigenvalue weighted by atomic mass is 16.3. The number of aliphatic hydroxyl groups excluding tert-OH is 4. The van der Waals surface area contributed by atoms with Gasteiger partial charge >= 0.3 is 0 Å². The summed E-state index contributed by atoms with van der Waals surface area (Å²) in [6.45, 7) is 5.90. The van der Waals surface area contributed by atoms with Crippen LogP contribution in [0.4, 0.5) is 0 Å². The van der Waals surface area contributed by atoms with Gasteiger partial charge in [0.15, 0.2) is 0 Å². The molecular weight excluding hydrogens is 284 g/mol. The molecule has 12 nitrogen and oxygen atoms in total. The number of hydrogen-bond acceptors (Lipinski definition) is 12. The van der Waals surface area contributed by atoms with Crippen LogP contribution in [0.15, 0.2) is 0 Å². The minimum absolute atomic E-state index is 0.903. The van der Waals surface area contributed by atoms with Crippen LogP contribution in [0.25, 0.3) is 0 Å². The van der Waals surface area contributed by atoms with Crippen molar-refractivity contribution in [1.29, 1.82) is 0 Å². The van der Waals surface area contributed by atoms with Crippen LogP contribution in [0, 0.1) is 0 Å². The second-order valence-electron chi connectivity index (χ2n) is 4.53. The third-order valence-corrected chi connectivity index (χ3v) is 1.87. The summed E-state index contributed by atoms with van der Waals surface area (Å²) >= 11 is 0. The van der Waals surface area contributed by atoms with Crippen molar-refractivity contribution >= 4 is 0 Å². The summed E-state index contributed by atoms with van der Waals surface area (Å²) in [6, 6.07) is 0. The Labute approximate surface area is 123 Å². The molecule has 0 bridgehead atoms. The van der Waals surface area contributed by atoms with Gasteiger partial charge in [-0.05, 0) is 27.7 Å². The molecule has 0 heterocycles. The average molecular weight is 312 g/mol. The van der Waals surface area contributed by atoms with Crippen LogP contribution < -0.4 is 43.4 Å². The quantitative estimate of drug-likeness (QED) is 0.123. The Morgan fingerprint density at radius 2 is 0.714 bits per heavy atom. The van der Waals surface area contributed by atoms with Gasteiger partial charge in [-0.1, -0.05) is 0 Å². The fourth-order valence-electron chi connectivity index (χ4n) is 1.04. The van der Waals surface area contributed by atoms with E-state index in [1.807, 2.05) is 0 Å².